The minimum Gasteiger partial charge on any atom is -0.486 e. The predicted molar refractivity (Wildman–Crippen MR) is 134 cm³/mol. The smallest absolute Gasteiger partial charge is 0.264 e. The van der Waals surface area contributed by atoms with E-state index in [2.05, 4.69) is 10.3 Å². The van der Waals surface area contributed by atoms with Gasteiger partial charge in [-0.25, -0.2) is 9.38 Å². The van der Waals surface area contributed by atoms with E-state index in [1.807, 2.05) is 0 Å². The highest BCUT2D eigenvalue weighted by atomic mass is 35.5. The molecule has 1 amide bonds. The maximum atomic E-state index is 13.1. The minimum atomic E-state index is -0.360. The lowest BCUT2D eigenvalue weighted by atomic mass is 10.2. The summed E-state index contributed by atoms with van der Waals surface area (Å²) in [7, 11) is 0. The van der Waals surface area contributed by atoms with Crippen LogP contribution in [0, 0.1) is 5.82 Å². The average Bonchev–Trinajstić information content (AvgIpc) is 3.10. The van der Waals surface area contributed by atoms with Crippen molar-refractivity contribution in [3.8, 4) is 5.75 Å². The molecule has 33 heavy (non-hydrogen) atoms. The molecule has 4 rings (SSSR count). The van der Waals surface area contributed by atoms with Crippen LogP contribution in [-0.4, -0.2) is 11.1 Å². The van der Waals surface area contributed by atoms with Crippen LogP contribution >= 0.6 is 58.2 Å². The number of rotatable bonds is 5. The molecule has 0 saturated carbocycles. The quantitative estimate of drug-likeness (QED) is 0.334. The van der Waals surface area contributed by atoms with Crippen LogP contribution in [0.4, 0.5) is 10.1 Å². The van der Waals surface area contributed by atoms with Crippen molar-refractivity contribution in [3.63, 3.8) is 0 Å². The monoisotopic (exact) mass is 540 g/mol. The average molecular weight is 542 g/mol. The Balaban J connectivity index is 1.49. The molecule has 1 heterocycles. The first kappa shape index (κ1) is 23.9. The molecule has 0 aromatic heterocycles. The number of thioether (sulfide) groups is 1. The molecular weight excluding hydrogens is 529 g/mol. The Morgan fingerprint density at radius 1 is 0.939 bits per heavy atom. The maximum absolute atomic E-state index is 13.1. The number of carbonyl (C=O) groups is 1. The molecular formula is C23H13Cl4FN2O2S. The number of amidine groups is 1. The zero-order valence-corrected chi connectivity index (χ0v) is 20.4. The molecule has 3 aromatic rings. The molecule has 0 atom stereocenters. The zero-order chi connectivity index (χ0) is 23.5. The number of nitrogens with one attached hydrogen (secondary N) is 1. The maximum Gasteiger partial charge on any atom is 0.264 e. The number of ether oxygens (including phenoxy) is 1. The minimum absolute atomic E-state index is 0.193. The Hall–Kier alpha value is -2.22. The Kier molecular flexibility index (Phi) is 7.51. The van der Waals surface area contributed by atoms with Gasteiger partial charge in [-0.05, 0) is 77.5 Å². The first-order valence-corrected chi connectivity index (χ1v) is 11.7. The summed E-state index contributed by atoms with van der Waals surface area (Å²) in [6.45, 7) is 0.193. The SMILES string of the molecule is O=C1NC(=Nc2ccc(F)cc2)S/C1=C/c1cc(Cl)c(OCc2ccc(Cl)c(Cl)c2)c(Cl)c1. The van der Waals surface area contributed by atoms with Crippen LogP contribution in [0.15, 0.2) is 64.5 Å². The Labute approximate surface area is 213 Å². The van der Waals surface area contributed by atoms with Gasteiger partial charge in [-0.1, -0.05) is 52.5 Å². The zero-order valence-electron chi connectivity index (χ0n) is 16.5. The van der Waals surface area contributed by atoms with Crippen LogP contribution in [0.3, 0.4) is 0 Å². The van der Waals surface area contributed by atoms with E-state index in [1.54, 1.807) is 36.4 Å². The van der Waals surface area contributed by atoms with Gasteiger partial charge in [0.15, 0.2) is 10.9 Å². The Morgan fingerprint density at radius 2 is 1.64 bits per heavy atom. The highest BCUT2D eigenvalue weighted by molar-refractivity contribution is 8.18. The van der Waals surface area contributed by atoms with Crippen molar-refractivity contribution in [1.82, 2.24) is 5.32 Å². The number of amides is 1. The molecule has 0 bridgehead atoms. The van der Waals surface area contributed by atoms with Gasteiger partial charge in [0.05, 0.1) is 30.7 Å². The van der Waals surface area contributed by atoms with Crippen LogP contribution in [0.1, 0.15) is 11.1 Å². The van der Waals surface area contributed by atoms with E-state index in [-0.39, 0.29) is 28.4 Å². The summed E-state index contributed by atoms with van der Waals surface area (Å²) >= 11 is 25.9. The largest absolute Gasteiger partial charge is 0.486 e. The summed E-state index contributed by atoms with van der Waals surface area (Å²) in [5, 5.41) is 4.52. The van der Waals surface area contributed by atoms with Crippen LogP contribution in [0.2, 0.25) is 20.1 Å². The summed E-state index contributed by atoms with van der Waals surface area (Å²) in [6, 6.07) is 14.1. The molecule has 1 fully saturated rings. The fourth-order valence-corrected chi connectivity index (χ4v) is 4.63. The summed E-state index contributed by atoms with van der Waals surface area (Å²) in [4.78, 5) is 17.0. The molecule has 3 aromatic carbocycles. The van der Waals surface area contributed by atoms with Gasteiger partial charge in [0, 0.05) is 0 Å². The molecule has 1 aliphatic heterocycles. The number of hydrogen-bond donors (Lipinski definition) is 1. The van der Waals surface area contributed by atoms with Crippen LogP contribution < -0.4 is 10.1 Å². The number of nitrogens with zero attached hydrogens (tertiary/aromatic N) is 1. The molecule has 1 saturated heterocycles. The van der Waals surface area contributed by atoms with E-state index in [0.717, 1.165) is 17.3 Å². The van der Waals surface area contributed by atoms with Crippen molar-refractivity contribution >= 4 is 81.0 Å². The lowest BCUT2D eigenvalue weighted by molar-refractivity contribution is -0.115. The van der Waals surface area contributed by atoms with E-state index in [1.165, 1.54) is 24.3 Å². The summed E-state index contributed by atoms with van der Waals surface area (Å²) in [5.41, 5.74) is 1.94. The van der Waals surface area contributed by atoms with Crippen molar-refractivity contribution in [3.05, 3.63) is 96.5 Å². The normalized spacial score (nSPS) is 15.8. The molecule has 10 heteroatoms. The number of aliphatic imine (C=N–C) groups is 1. The summed E-state index contributed by atoms with van der Waals surface area (Å²) in [5.74, 6) is -0.359. The van der Waals surface area contributed by atoms with Gasteiger partial charge in [0.1, 0.15) is 12.4 Å². The van der Waals surface area contributed by atoms with Crippen LogP contribution in [-0.2, 0) is 11.4 Å². The van der Waals surface area contributed by atoms with E-state index >= 15 is 0 Å². The second-order valence-electron chi connectivity index (χ2n) is 6.81. The predicted octanol–water partition coefficient (Wildman–Crippen LogP) is 7.91. The lowest BCUT2D eigenvalue weighted by Crippen LogP contribution is -2.19. The van der Waals surface area contributed by atoms with E-state index in [0.29, 0.717) is 37.1 Å². The van der Waals surface area contributed by atoms with E-state index < -0.39 is 0 Å². The van der Waals surface area contributed by atoms with Crippen molar-refractivity contribution in [1.29, 1.82) is 0 Å². The third-order valence-electron chi connectivity index (χ3n) is 4.39. The fraction of sp³-hybridized carbons (Fsp3) is 0.0435. The van der Waals surface area contributed by atoms with Gasteiger partial charge in [-0.3, -0.25) is 4.79 Å². The summed E-state index contributed by atoms with van der Waals surface area (Å²) in [6.07, 6.45) is 1.65. The van der Waals surface area contributed by atoms with Gasteiger partial charge in [0.2, 0.25) is 0 Å². The number of hydrogen-bond acceptors (Lipinski definition) is 4. The van der Waals surface area contributed by atoms with Gasteiger partial charge in [-0.15, -0.1) is 0 Å². The van der Waals surface area contributed by atoms with Crippen molar-refractivity contribution in [2.75, 3.05) is 0 Å². The second kappa shape index (κ2) is 10.4. The van der Waals surface area contributed by atoms with Crippen LogP contribution in [0.5, 0.6) is 5.75 Å². The molecule has 1 N–H and O–H groups in total. The van der Waals surface area contributed by atoms with Gasteiger partial charge in [-0.2, -0.15) is 0 Å². The van der Waals surface area contributed by atoms with Crippen molar-refractivity contribution < 1.29 is 13.9 Å². The molecule has 0 unspecified atom stereocenters. The van der Waals surface area contributed by atoms with Gasteiger partial charge in [0.25, 0.3) is 5.91 Å². The molecule has 1 aliphatic rings. The van der Waals surface area contributed by atoms with Crippen molar-refractivity contribution in [2.45, 2.75) is 6.61 Å². The van der Waals surface area contributed by atoms with E-state index in [9.17, 15) is 9.18 Å². The second-order valence-corrected chi connectivity index (χ2v) is 9.47. The summed E-state index contributed by atoms with van der Waals surface area (Å²) < 4.78 is 18.8. The Morgan fingerprint density at radius 3 is 2.30 bits per heavy atom. The molecule has 0 radical (unpaired) electrons. The van der Waals surface area contributed by atoms with Gasteiger partial charge >= 0.3 is 0 Å². The third-order valence-corrected chi connectivity index (χ3v) is 6.60. The standard InChI is InChI=1S/C23H13Cl4FN2O2S/c24-16-6-1-12(7-17(16)25)11-32-21-18(26)8-13(9-19(21)27)10-20-22(31)30-23(33-20)29-15-4-2-14(28)3-5-15/h1-10H,11H2,(H,29,30,31)/b20-10+. The fourth-order valence-electron chi connectivity index (χ4n) is 2.85. The first-order chi connectivity index (χ1) is 15.8. The number of benzene rings is 3. The van der Waals surface area contributed by atoms with Crippen LogP contribution in [0.25, 0.3) is 6.08 Å². The third kappa shape index (κ3) is 6.02. The number of carbonyl (C=O) groups excluding carboxylic acids is 1. The molecule has 168 valence electrons. The molecule has 0 spiro atoms. The topological polar surface area (TPSA) is 50.7 Å². The molecule has 4 nitrogen and oxygen atoms in total. The van der Waals surface area contributed by atoms with Crippen molar-refractivity contribution in [2.24, 2.45) is 4.99 Å². The lowest BCUT2D eigenvalue weighted by Gasteiger charge is -2.11. The highest BCUT2D eigenvalue weighted by Crippen LogP contribution is 2.37. The number of halogens is 5. The first-order valence-electron chi connectivity index (χ1n) is 9.39. The van der Waals surface area contributed by atoms with E-state index in [4.69, 9.17) is 51.1 Å². The molecule has 0 aliphatic carbocycles. The van der Waals surface area contributed by atoms with Gasteiger partial charge < -0.3 is 10.1 Å². The Bertz CT molecular complexity index is 1270. The highest BCUT2D eigenvalue weighted by Gasteiger charge is 2.24.